The van der Waals surface area contributed by atoms with Crippen LogP contribution >= 0.6 is 0 Å². The summed E-state index contributed by atoms with van der Waals surface area (Å²) in [5, 5.41) is 1.04. The summed E-state index contributed by atoms with van der Waals surface area (Å²) in [4.78, 5) is 10.9. The minimum absolute atomic E-state index is 0.147. The van der Waals surface area contributed by atoms with E-state index in [2.05, 4.69) is 14.7 Å². The van der Waals surface area contributed by atoms with Gasteiger partial charge in [-0.25, -0.2) is 22.5 Å². The van der Waals surface area contributed by atoms with Gasteiger partial charge in [0.25, 0.3) is 0 Å². The molecule has 25 heavy (non-hydrogen) atoms. The Morgan fingerprint density at radius 2 is 1.88 bits per heavy atom. The number of hydrogen-bond donors (Lipinski definition) is 1. The van der Waals surface area contributed by atoms with Gasteiger partial charge in [0.15, 0.2) is 5.82 Å². The highest BCUT2D eigenvalue weighted by atomic mass is 32.2. The van der Waals surface area contributed by atoms with Crippen LogP contribution in [0.15, 0.2) is 35.9 Å². The summed E-state index contributed by atoms with van der Waals surface area (Å²) in [5.41, 5.74) is 1.74. The Bertz CT molecular complexity index is 865. The number of rotatable bonds is 6. The lowest BCUT2D eigenvalue weighted by Gasteiger charge is -2.24. The predicted octanol–water partition coefficient (Wildman–Crippen LogP) is 2.65. The number of nitrogens with zero attached hydrogens (tertiary/aromatic N) is 3. The monoisotopic (exact) mass is 364 g/mol. The molecule has 0 saturated carbocycles. The summed E-state index contributed by atoms with van der Waals surface area (Å²) >= 11 is 0. The van der Waals surface area contributed by atoms with Gasteiger partial charge < -0.3 is 4.90 Å². The molecule has 2 rings (SSSR count). The summed E-state index contributed by atoms with van der Waals surface area (Å²) in [6.07, 6.45) is 2.86. The van der Waals surface area contributed by atoms with Gasteiger partial charge in [-0.05, 0) is 51.2 Å². The van der Waals surface area contributed by atoms with Crippen molar-refractivity contribution in [3.05, 3.63) is 47.4 Å². The average molecular weight is 364 g/mol. The number of benzene rings is 1. The molecule has 0 bridgehead atoms. The molecule has 134 valence electrons. The van der Waals surface area contributed by atoms with Crippen molar-refractivity contribution in [1.82, 2.24) is 14.7 Å². The molecule has 0 radical (unpaired) electrons. The molecule has 1 aromatic carbocycles. The SMILES string of the molecule is CNS(=O)(=O)C=Cc1cnc(-c2ccc(F)cc2)c(N(C)C(C)C)n1. The zero-order valence-electron chi connectivity index (χ0n) is 14.6. The molecule has 0 aliphatic carbocycles. The van der Waals surface area contributed by atoms with E-state index in [1.807, 2.05) is 25.8 Å². The van der Waals surface area contributed by atoms with Crippen LogP contribution in [0.2, 0.25) is 0 Å². The molecule has 0 fully saturated rings. The molecule has 0 saturated heterocycles. The standard InChI is InChI=1S/C17H21FN4O2S/c1-12(2)22(4)17-16(13-5-7-14(18)8-6-13)20-11-15(21-17)9-10-25(23,24)19-3/h5-12,19H,1-4H3. The average Bonchev–Trinajstić information content (AvgIpc) is 2.60. The van der Waals surface area contributed by atoms with E-state index in [-0.39, 0.29) is 11.9 Å². The van der Waals surface area contributed by atoms with E-state index >= 15 is 0 Å². The Morgan fingerprint density at radius 1 is 1.24 bits per heavy atom. The van der Waals surface area contributed by atoms with Gasteiger partial charge in [-0.15, -0.1) is 0 Å². The Hall–Kier alpha value is -2.32. The van der Waals surface area contributed by atoms with Gasteiger partial charge >= 0.3 is 0 Å². The minimum Gasteiger partial charge on any atom is -0.355 e. The number of aromatic nitrogens is 2. The van der Waals surface area contributed by atoms with Crippen molar-refractivity contribution in [1.29, 1.82) is 0 Å². The first-order valence-corrected chi connectivity index (χ1v) is 9.25. The van der Waals surface area contributed by atoms with Crippen molar-refractivity contribution in [3.8, 4) is 11.3 Å². The first-order chi connectivity index (χ1) is 11.7. The van der Waals surface area contributed by atoms with Crippen molar-refractivity contribution in [2.75, 3.05) is 19.0 Å². The maximum atomic E-state index is 13.2. The van der Waals surface area contributed by atoms with Crippen LogP contribution in [0, 0.1) is 5.82 Å². The smallest absolute Gasteiger partial charge is 0.233 e. The molecule has 8 heteroatoms. The second-order valence-corrected chi connectivity index (χ2v) is 7.50. The van der Waals surface area contributed by atoms with E-state index in [0.717, 1.165) is 11.0 Å². The van der Waals surface area contributed by atoms with Gasteiger partial charge in [-0.1, -0.05) is 0 Å². The van der Waals surface area contributed by atoms with Crippen LogP contribution < -0.4 is 9.62 Å². The van der Waals surface area contributed by atoms with E-state index in [9.17, 15) is 12.8 Å². The first kappa shape index (κ1) is 19.0. The Morgan fingerprint density at radius 3 is 2.44 bits per heavy atom. The third kappa shape index (κ3) is 4.83. The highest BCUT2D eigenvalue weighted by Crippen LogP contribution is 2.28. The fraction of sp³-hybridized carbons (Fsp3) is 0.294. The number of hydrogen-bond acceptors (Lipinski definition) is 5. The first-order valence-electron chi connectivity index (χ1n) is 7.71. The van der Waals surface area contributed by atoms with Crippen molar-refractivity contribution in [2.45, 2.75) is 19.9 Å². The van der Waals surface area contributed by atoms with Gasteiger partial charge in [-0.2, -0.15) is 0 Å². The zero-order chi connectivity index (χ0) is 18.6. The lowest BCUT2D eigenvalue weighted by atomic mass is 10.1. The molecule has 0 amide bonds. The van der Waals surface area contributed by atoms with E-state index < -0.39 is 10.0 Å². The van der Waals surface area contributed by atoms with Crippen LogP contribution in [0.3, 0.4) is 0 Å². The van der Waals surface area contributed by atoms with Crippen LogP contribution in [-0.2, 0) is 10.0 Å². The molecule has 6 nitrogen and oxygen atoms in total. The van der Waals surface area contributed by atoms with Gasteiger partial charge in [0.1, 0.15) is 11.5 Å². The lowest BCUT2D eigenvalue weighted by molar-refractivity contribution is 0.597. The van der Waals surface area contributed by atoms with E-state index in [0.29, 0.717) is 17.2 Å². The molecule has 0 aliphatic heterocycles. The van der Waals surface area contributed by atoms with E-state index in [4.69, 9.17) is 0 Å². The van der Waals surface area contributed by atoms with Gasteiger partial charge in [0, 0.05) is 24.1 Å². The second kappa shape index (κ2) is 7.71. The third-order valence-corrected chi connectivity index (χ3v) is 4.76. The molecule has 1 N–H and O–H groups in total. The molecular formula is C17H21FN4O2S. The van der Waals surface area contributed by atoms with Crippen molar-refractivity contribution in [3.63, 3.8) is 0 Å². The molecule has 0 unspecified atom stereocenters. The van der Waals surface area contributed by atoms with Crippen LogP contribution in [0.25, 0.3) is 17.3 Å². The Balaban J connectivity index is 2.52. The van der Waals surface area contributed by atoms with Crippen molar-refractivity contribution in [2.24, 2.45) is 0 Å². The van der Waals surface area contributed by atoms with Crippen LogP contribution in [0.4, 0.5) is 10.2 Å². The maximum Gasteiger partial charge on any atom is 0.233 e. The fourth-order valence-corrected chi connectivity index (χ4v) is 2.46. The number of halogens is 1. The summed E-state index contributed by atoms with van der Waals surface area (Å²) in [5.74, 6) is 0.262. The third-order valence-electron chi connectivity index (χ3n) is 3.70. The Kier molecular flexibility index (Phi) is 5.86. The predicted molar refractivity (Wildman–Crippen MR) is 98.0 cm³/mol. The molecule has 1 heterocycles. The molecule has 1 aromatic heterocycles. The molecular weight excluding hydrogens is 343 g/mol. The summed E-state index contributed by atoms with van der Waals surface area (Å²) in [6.45, 7) is 4.01. The summed E-state index contributed by atoms with van der Waals surface area (Å²) in [6, 6.07) is 6.15. The normalized spacial score (nSPS) is 12.1. The molecule has 2 aromatic rings. The minimum atomic E-state index is -3.49. The summed E-state index contributed by atoms with van der Waals surface area (Å²) in [7, 11) is -0.279. The molecule has 0 spiro atoms. The fourth-order valence-electron chi connectivity index (χ4n) is 2.00. The topological polar surface area (TPSA) is 75.2 Å². The molecule has 0 atom stereocenters. The highest BCUT2D eigenvalue weighted by molar-refractivity contribution is 7.92. The maximum absolute atomic E-state index is 13.2. The van der Waals surface area contributed by atoms with Gasteiger partial charge in [0.2, 0.25) is 10.0 Å². The number of nitrogens with one attached hydrogen (secondary N) is 1. The Labute approximate surface area is 147 Å². The summed E-state index contributed by atoms with van der Waals surface area (Å²) < 4.78 is 38.4. The van der Waals surface area contributed by atoms with Gasteiger partial charge in [-0.3, -0.25) is 4.98 Å². The second-order valence-electron chi connectivity index (χ2n) is 5.73. The highest BCUT2D eigenvalue weighted by Gasteiger charge is 2.16. The van der Waals surface area contributed by atoms with Crippen LogP contribution in [-0.4, -0.2) is 38.5 Å². The van der Waals surface area contributed by atoms with Crippen molar-refractivity contribution >= 4 is 21.9 Å². The quantitative estimate of drug-likeness (QED) is 0.853. The number of anilines is 1. The van der Waals surface area contributed by atoms with Crippen LogP contribution in [0.1, 0.15) is 19.5 Å². The van der Waals surface area contributed by atoms with E-state index in [1.165, 1.54) is 31.5 Å². The van der Waals surface area contributed by atoms with Crippen molar-refractivity contribution < 1.29 is 12.8 Å². The lowest BCUT2D eigenvalue weighted by Crippen LogP contribution is -2.27. The van der Waals surface area contributed by atoms with E-state index in [1.54, 1.807) is 12.1 Å². The van der Waals surface area contributed by atoms with Crippen LogP contribution in [0.5, 0.6) is 0 Å². The largest absolute Gasteiger partial charge is 0.355 e. The number of sulfonamides is 1. The zero-order valence-corrected chi connectivity index (χ0v) is 15.4. The van der Waals surface area contributed by atoms with Gasteiger partial charge in [0.05, 0.1) is 11.9 Å². The molecule has 0 aliphatic rings.